The van der Waals surface area contributed by atoms with E-state index in [0.29, 0.717) is 0 Å². The number of carbonyl (C=O) groups excluding carboxylic acids is 1. The summed E-state index contributed by atoms with van der Waals surface area (Å²) in [6, 6.07) is -0.751. The zero-order chi connectivity index (χ0) is 9.94. The Morgan fingerprint density at radius 3 is 2.17 bits per heavy atom. The average Bonchev–Trinajstić information content (AvgIpc) is 1.85. The number of aliphatic hydroxyl groups excluding tert-OH is 1. The highest BCUT2D eigenvalue weighted by molar-refractivity contribution is 5.79. The summed E-state index contributed by atoms with van der Waals surface area (Å²) in [6.45, 7) is 5.64. The van der Waals surface area contributed by atoms with Gasteiger partial charge in [0.05, 0.1) is 12.1 Å². The maximum atomic E-state index is 10.5. The van der Waals surface area contributed by atoms with Crippen molar-refractivity contribution >= 4 is 5.91 Å². The van der Waals surface area contributed by atoms with Crippen LogP contribution in [0.5, 0.6) is 0 Å². The molecule has 2 unspecified atom stereocenters. The van der Waals surface area contributed by atoms with Gasteiger partial charge in [0.1, 0.15) is 0 Å². The topological polar surface area (TPSA) is 89.3 Å². The molecule has 0 rings (SSSR count). The summed E-state index contributed by atoms with van der Waals surface area (Å²) in [7, 11) is 0. The van der Waals surface area contributed by atoms with Crippen LogP contribution in [0.1, 0.15) is 27.2 Å². The minimum atomic E-state index is -0.751. The second-order valence-electron chi connectivity index (χ2n) is 4.13. The molecule has 0 spiro atoms. The molecule has 12 heavy (non-hydrogen) atoms. The van der Waals surface area contributed by atoms with Crippen LogP contribution >= 0.6 is 0 Å². The van der Waals surface area contributed by atoms with Crippen LogP contribution in [-0.4, -0.2) is 23.2 Å². The molecule has 0 aromatic carbocycles. The minimum Gasteiger partial charge on any atom is -0.393 e. The molecular weight excluding hydrogens is 156 g/mol. The lowest BCUT2D eigenvalue weighted by Crippen LogP contribution is -2.42. The summed E-state index contributed by atoms with van der Waals surface area (Å²) in [5.74, 6) is -0.571. The van der Waals surface area contributed by atoms with E-state index < -0.39 is 18.1 Å². The molecule has 72 valence electrons. The molecule has 5 N–H and O–H groups in total. The highest BCUT2D eigenvalue weighted by atomic mass is 16.3. The van der Waals surface area contributed by atoms with Crippen LogP contribution in [0.15, 0.2) is 0 Å². The lowest BCUT2D eigenvalue weighted by molar-refractivity contribution is -0.120. The standard InChI is InChI=1S/C8H18N2O2/c1-8(2,3)6(11)4-5(9)7(10)12/h5-6,11H,4,9H2,1-3H3,(H2,10,12). The minimum absolute atomic E-state index is 0.221. The molecule has 0 aliphatic heterocycles. The SMILES string of the molecule is CC(C)(C)C(O)CC(N)C(N)=O. The van der Waals surface area contributed by atoms with Gasteiger partial charge in [-0.3, -0.25) is 4.79 Å². The van der Waals surface area contributed by atoms with Gasteiger partial charge in [0.25, 0.3) is 0 Å². The van der Waals surface area contributed by atoms with E-state index in [4.69, 9.17) is 11.5 Å². The quantitative estimate of drug-likeness (QED) is 0.543. The third-order valence-corrected chi connectivity index (χ3v) is 1.84. The Balaban J connectivity index is 4.01. The van der Waals surface area contributed by atoms with Crippen molar-refractivity contribution in [2.24, 2.45) is 16.9 Å². The van der Waals surface area contributed by atoms with Gasteiger partial charge < -0.3 is 16.6 Å². The van der Waals surface area contributed by atoms with E-state index in [1.807, 2.05) is 20.8 Å². The summed E-state index contributed by atoms with van der Waals surface area (Å²) in [4.78, 5) is 10.5. The van der Waals surface area contributed by atoms with E-state index in [9.17, 15) is 9.90 Å². The average molecular weight is 174 g/mol. The van der Waals surface area contributed by atoms with E-state index in [1.54, 1.807) is 0 Å². The normalized spacial score (nSPS) is 17.1. The third-order valence-electron chi connectivity index (χ3n) is 1.84. The number of hydrogen-bond donors (Lipinski definition) is 3. The van der Waals surface area contributed by atoms with Crippen molar-refractivity contribution in [3.63, 3.8) is 0 Å². The summed E-state index contributed by atoms with van der Waals surface area (Å²) >= 11 is 0. The van der Waals surface area contributed by atoms with Gasteiger partial charge in [-0.25, -0.2) is 0 Å². The first-order valence-electron chi connectivity index (χ1n) is 3.98. The van der Waals surface area contributed by atoms with Crippen LogP contribution < -0.4 is 11.5 Å². The highest BCUT2D eigenvalue weighted by Crippen LogP contribution is 2.21. The van der Waals surface area contributed by atoms with Crippen molar-refractivity contribution in [1.29, 1.82) is 0 Å². The first-order chi connectivity index (χ1) is 5.25. The van der Waals surface area contributed by atoms with Gasteiger partial charge in [-0.2, -0.15) is 0 Å². The Bertz CT molecular complexity index is 163. The number of nitrogens with two attached hydrogens (primary N) is 2. The molecule has 4 nitrogen and oxygen atoms in total. The molecule has 0 radical (unpaired) electrons. The van der Waals surface area contributed by atoms with Crippen molar-refractivity contribution in [2.45, 2.75) is 39.3 Å². The number of amides is 1. The Labute approximate surface area is 72.9 Å². The molecule has 2 atom stereocenters. The predicted octanol–water partition coefficient (Wildman–Crippen LogP) is -0.404. The Morgan fingerprint density at radius 1 is 1.50 bits per heavy atom. The van der Waals surface area contributed by atoms with E-state index in [2.05, 4.69) is 0 Å². The van der Waals surface area contributed by atoms with Gasteiger partial charge in [0.15, 0.2) is 0 Å². The maximum Gasteiger partial charge on any atom is 0.234 e. The molecule has 0 aromatic rings. The Kier molecular flexibility index (Phi) is 3.67. The molecule has 0 fully saturated rings. The summed E-state index contributed by atoms with van der Waals surface area (Å²) in [5, 5.41) is 9.52. The van der Waals surface area contributed by atoms with Crippen LogP contribution in [-0.2, 0) is 4.79 Å². The Hall–Kier alpha value is -0.610. The van der Waals surface area contributed by atoms with Gasteiger partial charge in [-0.05, 0) is 11.8 Å². The van der Waals surface area contributed by atoms with Gasteiger partial charge >= 0.3 is 0 Å². The van der Waals surface area contributed by atoms with Gasteiger partial charge in [0, 0.05) is 0 Å². The van der Waals surface area contributed by atoms with Crippen LogP contribution in [0.4, 0.5) is 0 Å². The Morgan fingerprint density at radius 2 is 1.92 bits per heavy atom. The molecule has 0 bridgehead atoms. The first-order valence-corrected chi connectivity index (χ1v) is 3.98. The number of hydrogen-bond acceptors (Lipinski definition) is 3. The van der Waals surface area contributed by atoms with Gasteiger partial charge in [0.2, 0.25) is 5.91 Å². The predicted molar refractivity (Wildman–Crippen MR) is 47.2 cm³/mol. The van der Waals surface area contributed by atoms with E-state index in [0.717, 1.165) is 0 Å². The van der Waals surface area contributed by atoms with Crippen LogP contribution in [0.25, 0.3) is 0 Å². The largest absolute Gasteiger partial charge is 0.393 e. The number of carbonyl (C=O) groups is 1. The first kappa shape index (κ1) is 11.4. The van der Waals surface area contributed by atoms with Crippen LogP contribution in [0, 0.1) is 5.41 Å². The molecule has 0 aliphatic carbocycles. The molecule has 0 saturated carbocycles. The summed E-state index contributed by atoms with van der Waals surface area (Å²) in [6.07, 6.45) is -0.376. The monoisotopic (exact) mass is 174 g/mol. The van der Waals surface area contributed by atoms with Crippen molar-refractivity contribution < 1.29 is 9.90 Å². The maximum absolute atomic E-state index is 10.5. The third kappa shape index (κ3) is 3.69. The molecule has 0 heterocycles. The zero-order valence-electron chi connectivity index (χ0n) is 7.87. The molecular formula is C8H18N2O2. The number of rotatable bonds is 3. The van der Waals surface area contributed by atoms with Gasteiger partial charge in [-0.15, -0.1) is 0 Å². The zero-order valence-corrected chi connectivity index (χ0v) is 7.87. The van der Waals surface area contributed by atoms with Crippen molar-refractivity contribution in [2.75, 3.05) is 0 Å². The lowest BCUT2D eigenvalue weighted by atomic mass is 9.85. The van der Waals surface area contributed by atoms with E-state index >= 15 is 0 Å². The van der Waals surface area contributed by atoms with E-state index in [-0.39, 0.29) is 11.8 Å². The summed E-state index contributed by atoms with van der Waals surface area (Å²) in [5.41, 5.74) is 10.1. The lowest BCUT2D eigenvalue weighted by Gasteiger charge is -2.27. The number of aliphatic hydroxyl groups is 1. The number of primary amides is 1. The fourth-order valence-corrected chi connectivity index (χ4v) is 0.710. The van der Waals surface area contributed by atoms with Crippen molar-refractivity contribution in [3.05, 3.63) is 0 Å². The smallest absolute Gasteiger partial charge is 0.234 e. The van der Waals surface area contributed by atoms with Gasteiger partial charge in [-0.1, -0.05) is 20.8 Å². The van der Waals surface area contributed by atoms with Crippen LogP contribution in [0.2, 0.25) is 0 Å². The molecule has 0 aliphatic rings. The second kappa shape index (κ2) is 3.87. The molecule has 0 saturated heterocycles. The van der Waals surface area contributed by atoms with Crippen LogP contribution in [0.3, 0.4) is 0 Å². The molecule has 0 aromatic heterocycles. The fourth-order valence-electron chi connectivity index (χ4n) is 0.710. The molecule has 4 heteroatoms. The highest BCUT2D eigenvalue weighted by Gasteiger charge is 2.25. The fraction of sp³-hybridized carbons (Fsp3) is 0.875. The second-order valence-corrected chi connectivity index (χ2v) is 4.13. The van der Waals surface area contributed by atoms with Crippen molar-refractivity contribution in [3.8, 4) is 0 Å². The molecule has 1 amide bonds. The van der Waals surface area contributed by atoms with Crippen molar-refractivity contribution in [1.82, 2.24) is 0 Å². The van der Waals surface area contributed by atoms with E-state index in [1.165, 1.54) is 0 Å². The summed E-state index contributed by atoms with van der Waals surface area (Å²) < 4.78 is 0.